The maximum atomic E-state index is 10.3. The maximum Gasteiger partial charge on any atom is 0.313 e. The Morgan fingerprint density at radius 3 is 3.00 bits per heavy atom. The third kappa shape index (κ3) is 5.04. The van der Waals surface area contributed by atoms with Crippen LogP contribution in [0.25, 0.3) is 0 Å². The standard InChI is InChI=1S/C11H14O4S/c1-14-8-15-10-4-2-3-9(5-10)6-16-7-11(12)13/h2-5H,6-8H2,1H3,(H,12,13). The minimum Gasteiger partial charge on any atom is -0.481 e. The fraction of sp³-hybridized carbons (Fsp3) is 0.364. The van der Waals surface area contributed by atoms with E-state index in [1.54, 1.807) is 7.11 Å². The van der Waals surface area contributed by atoms with Crippen molar-refractivity contribution in [3.8, 4) is 5.75 Å². The molecule has 88 valence electrons. The van der Waals surface area contributed by atoms with E-state index in [1.165, 1.54) is 11.8 Å². The number of hydrogen-bond acceptors (Lipinski definition) is 4. The van der Waals surface area contributed by atoms with E-state index >= 15 is 0 Å². The van der Waals surface area contributed by atoms with Crippen molar-refractivity contribution in [1.29, 1.82) is 0 Å². The Morgan fingerprint density at radius 2 is 2.31 bits per heavy atom. The van der Waals surface area contributed by atoms with Gasteiger partial charge >= 0.3 is 5.97 Å². The first-order valence-corrected chi connectivity index (χ1v) is 5.88. The third-order valence-corrected chi connectivity index (χ3v) is 2.72. The summed E-state index contributed by atoms with van der Waals surface area (Å²) in [5, 5.41) is 8.50. The summed E-state index contributed by atoms with van der Waals surface area (Å²) < 4.78 is 10.1. The number of benzene rings is 1. The van der Waals surface area contributed by atoms with E-state index in [1.807, 2.05) is 24.3 Å². The number of thioether (sulfide) groups is 1. The molecule has 4 nitrogen and oxygen atoms in total. The second-order valence-electron chi connectivity index (χ2n) is 3.08. The first-order valence-electron chi connectivity index (χ1n) is 4.72. The molecule has 0 unspecified atom stereocenters. The van der Waals surface area contributed by atoms with Crippen LogP contribution in [0.4, 0.5) is 0 Å². The molecule has 1 rings (SSSR count). The number of carboxylic acid groups (broad SMARTS) is 1. The highest BCUT2D eigenvalue weighted by atomic mass is 32.2. The molecule has 0 saturated carbocycles. The monoisotopic (exact) mass is 242 g/mol. The summed E-state index contributed by atoms with van der Waals surface area (Å²) in [6, 6.07) is 7.54. The lowest BCUT2D eigenvalue weighted by atomic mass is 10.2. The van der Waals surface area contributed by atoms with Gasteiger partial charge in [0.1, 0.15) is 5.75 Å². The average Bonchev–Trinajstić information content (AvgIpc) is 2.26. The number of ether oxygens (including phenoxy) is 2. The van der Waals surface area contributed by atoms with Crippen LogP contribution < -0.4 is 4.74 Å². The van der Waals surface area contributed by atoms with Crippen molar-refractivity contribution < 1.29 is 19.4 Å². The van der Waals surface area contributed by atoms with Crippen molar-refractivity contribution in [3.05, 3.63) is 29.8 Å². The fourth-order valence-electron chi connectivity index (χ4n) is 1.11. The van der Waals surface area contributed by atoms with E-state index in [0.29, 0.717) is 5.75 Å². The molecule has 0 aliphatic heterocycles. The molecule has 1 aromatic carbocycles. The molecule has 0 aromatic heterocycles. The first-order chi connectivity index (χ1) is 7.72. The number of aliphatic carboxylic acids is 1. The molecule has 0 bridgehead atoms. The van der Waals surface area contributed by atoms with Crippen molar-refractivity contribution in [2.45, 2.75) is 5.75 Å². The predicted molar refractivity (Wildman–Crippen MR) is 62.7 cm³/mol. The molecule has 0 radical (unpaired) electrons. The molecule has 5 heteroatoms. The Balaban J connectivity index is 2.43. The van der Waals surface area contributed by atoms with E-state index in [0.717, 1.165) is 11.3 Å². The van der Waals surface area contributed by atoms with Crippen LogP contribution in [0.3, 0.4) is 0 Å². The van der Waals surface area contributed by atoms with Gasteiger partial charge in [-0.1, -0.05) is 12.1 Å². The molecule has 0 aliphatic carbocycles. The molecule has 1 N–H and O–H groups in total. The summed E-state index contributed by atoms with van der Waals surface area (Å²) in [5.41, 5.74) is 1.04. The Kier molecular flexibility index (Phi) is 5.74. The number of carboxylic acids is 1. The average molecular weight is 242 g/mol. The number of carbonyl (C=O) groups is 1. The Bertz CT molecular complexity index is 341. The van der Waals surface area contributed by atoms with Gasteiger partial charge in [0, 0.05) is 12.9 Å². The lowest BCUT2D eigenvalue weighted by molar-refractivity contribution is -0.133. The van der Waals surface area contributed by atoms with Crippen LogP contribution in [0, 0.1) is 0 Å². The Morgan fingerprint density at radius 1 is 1.50 bits per heavy atom. The van der Waals surface area contributed by atoms with Gasteiger partial charge in [0.15, 0.2) is 6.79 Å². The zero-order valence-corrected chi connectivity index (χ0v) is 9.83. The molecule has 0 spiro atoms. The second kappa shape index (κ2) is 7.14. The fourth-order valence-corrected chi connectivity index (χ4v) is 1.80. The normalized spacial score (nSPS) is 10.1. The van der Waals surface area contributed by atoms with E-state index in [4.69, 9.17) is 14.6 Å². The van der Waals surface area contributed by atoms with Crippen molar-refractivity contribution in [3.63, 3.8) is 0 Å². The molecule has 16 heavy (non-hydrogen) atoms. The van der Waals surface area contributed by atoms with Crippen LogP contribution in [0.2, 0.25) is 0 Å². The second-order valence-corrected chi connectivity index (χ2v) is 4.07. The van der Waals surface area contributed by atoms with E-state index in [-0.39, 0.29) is 12.5 Å². The van der Waals surface area contributed by atoms with Crippen molar-refractivity contribution in [2.75, 3.05) is 19.7 Å². The van der Waals surface area contributed by atoms with Crippen molar-refractivity contribution >= 4 is 17.7 Å². The van der Waals surface area contributed by atoms with Gasteiger partial charge in [-0.3, -0.25) is 4.79 Å². The molecule has 0 aliphatic rings. The van der Waals surface area contributed by atoms with Crippen molar-refractivity contribution in [2.24, 2.45) is 0 Å². The minimum atomic E-state index is -0.795. The molecular weight excluding hydrogens is 228 g/mol. The SMILES string of the molecule is COCOc1cccc(CSCC(=O)O)c1. The van der Waals surface area contributed by atoms with Gasteiger partial charge in [-0.15, -0.1) is 11.8 Å². The summed E-state index contributed by atoms with van der Waals surface area (Å²) >= 11 is 1.36. The summed E-state index contributed by atoms with van der Waals surface area (Å²) in [4.78, 5) is 10.3. The number of rotatable bonds is 7. The molecular formula is C11H14O4S. The highest BCUT2D eigenvalue weighted by Crippen LogP contribution is 2.18. The molecule has 0 fully saturated rings. The van der Waals surface area contributed by atoms with Crippen LogP contribution in [0.1, 0.15) is 5.56 Å². The predicted octanol–water partition coefficient (Wildman–Crippen LogP) is 1.99. The summed E-state index contributed by atoms with van der Waals surface area (Å²) in [7, 11) is 1.56. The van der Waals surface area contributed by atoms with Crippen LogP contribution in [0.15, 0.2) is 24.3 Å². The van der Waals surface area contributed by atoms with Crippen LogP contribution in [0.5, 0.6) is 5.75 Å². The maximum absolute atomic E-state index is 10.3. The van der Waals surface area contributed by atoms with Gasteiger partial charge in [-0.25, -0.2) is 0 Å². The van der Waals surface area contributed by atoms with Gasteiger partial charge in [0.2, 0.25) is 0 Å². The molecule has 0 heterocycles. The lowest BCUT2D eigenvalue weighted by Gasteiger charge is -2.06. The van der Waals surface area contributed by atoms with E-state index in [9.17, 15) is 4.79 Å². The van der Waals surface area contributed by atoms with Gasteiger partial charge < -0.3 is 14.6 Å². The van der Waals surface area contributed by atoms with Crippen molar-refractivity contribution in [1.82, 2.24) is 0 Å². The van der Waals surface area contributed by atoms with Gasteiger partial charge in [0.05, 0.1) is 5.75 Å². The molecule has 0 amide bonds. The number of hydrogen-bond donors (Lipinski definition) is 1. The first kappa shape index (κ1) is 12.9. The van der Waals surface area contributed by atoms with E-state index in [2.05, 4.69) is 0 Å². The van der Waals surface area contributed by atoms with E-state index < -0.39 is 5.97 Å². The molecule has 1 aromatic rings. The van der Waals surface area contributed by atoms with Crippen LogP contribution in [-0.4, -0.2) is 30.7 Å². The summed E-state index contributed by atoms with van der Waals surface area (Å²) in [5.74, 6) is 0.715. The third-order valence-electron chi connectivity index (χ3n) is 1.74. The van der Waals surface area contributed by atoms with Crippen LogP contribution >= 0.6 is 11.8 Å². The molecule has 0 saturated heterocycles. The highest BCUT2D eigenvalue weighted by Gasteiger charge is 2.00. The van der Waals surface area contributed by atoms with Gasteiger partial charge in [-0.05, 0) is 17.7 Å². The summed E-state index contributed by atoms with van der Waals surface area (Å²) in [6.07, 6.45) is 0. The largest absolute Gasteiger partial charge is 0.481 e. The Hall–Kier alpha value is -1.20. The minimum absolute atomic E-state index is 0.114. The van der Waals surface area contributed by atoms with Gasteiger partial charge in [0.25, 0.3) is 0 Å². The number of methoxy groups -OCH3 is 1. The zero-order chi connectivity index (χ0) is 11.8. The smallest absolute Gasteiger partial charge is 0.313 e. The lowest BCUT2D eigenvalue weighted by Crippen LogP contribution is -2.00. The summed E-state index contributed by atoms with van der Waals surface area (Å²) in [6.45, 7) is 0.214. The van der Waals surface area contributed by atoms with Crippen LogP contribution in [-0.2, 0) is 15.3 Å². The topological polar surface area (TPSA) is 55.8 Å². The van der Waals surface area contributed by atoms with Gasteiger partial charge in [-0.2, -0.15) is 0 Å². The highest BCUT2D eigenvalue weighted by molar-refractivity contribution is 7.99. The molecule has 0 atom stereocenters. The quantitative estimate of drug-likeness (QED) is 0.741. The Labute approximate surface area is 98.6 Å². The zero-order valence-electron chi connectivity index (χ0n) is 9.01.